The topological polar surface area (TPSA) is 32.8 Å². The molecule has 1 N–H and O–H groups in total. The summed E-state index contributed by atoms with van der Waals surface area (Å²) in [5, 5.41) is 11.0. The fraction of sp³-hybridized carbons (Fsp3) is 0.905. The predicted octanol–water partition coefficient (Wildman–Crippen LogP) is 5.37. The molecule has 0 bridgehead atoms. The molecule has 0 amide bonds. The Labute approximate surface area is 143 Å². The standard InChI is InChI=1S/C21H36O2/c1-3-4-5-11-14-17-20(2,22)21-18-15-12-9-7-6-8-10-13-16-19(21)23-21/h19,22H,3-13,15-16,18H2,1-2H3/t19-,20-,21+/m0/s1. The molecule has 1 aliphatic carbocycles. The van der Waals surface area contributed by atoms with Crippen molar-refractivity contribution in [1.82, 2.24) is 0 Å². The van der Waals surface area contributed by atoms with Crippen molar-refractivity contribution < 1.29 is 9.84 Å². The van der Waals surface area contributed by atoms with Crippen molar-refractivity contribution in [2.24, 2.45) is 0 Å². The third kappa shape index (κ3) is 5.23. The van der Waals surface area contributed by atoms with E-state index in [-0.39, 0.29) is 11.7 Å². The average Bonchev–Trinajstić information content (AvgIpc) is 3.22. The van der Waals surface area contributed by atoms with Crippen LogP contribution in [0.3, 0.4) is 0 Å². The Morgan fingerprint density at radius 1 is 1.04 bits per heavy atom. The zero-order chi connectivity index (χ0) is 16.6. The molecule has 1 saturated heterocycles. The third-order valence-electron chi connectivity index (χ3n) is 5.64. The van der Waals surface area contributed by atoms with E-state index in [4.69, 9.17) is 4.74 Å². The van der Waals surface area contributed by atoms with Crippen molar-refractivity contribution in [2.45, 2.75) is 121 Å². The van der Waals surface area contributed by atoms with Gasteiger partial charge in [0.25, 0.3) is 0 Å². The fourth-order valence-electron chi connectivity index (χ4n) is 3.99. The predicted molar refractivity (Wildman–Crippen MR) is 96.3 cm³/mol. The summed E-state index contributed by atoms with van der Waals surface area (Å²) in [6.45, 7) is 4.09. The van der Waals surface area contributed by atoms with Crippen LogP contribution in [0.4, 0.5) is 0 Å². The maximum Gasteiger partial charge on any atom is 0.153 e. The van der Waals surface area contributed by atoms with Crippen molar-refractivity contribution in [2.75, 3.05) is 0 Å². The summed E-state index contributed by atoms with van der Waals surface area (Å²) in [5.74, 6) is 6.38. The van der Waals surface area contributed by atoms with Gasteiger partial charge in [-0.15, -0.1) is 5.92 Å². The van der Waals surface area contributed by atoms with Gasteiger partial charge in [-0.2, -0.15) is 0 Å². The molecule has 2 rings (SSSR count). The summed E-state index contributed by atoms with van der Waals surface area (Å²) in [7, 11) is 0. The molecular formula is C21H36O2. The number of ether oxygens (including phenoxy) is 1. The minimum Gasteiger partial charge on any atom is -0.375 e. The number of fused-ring (bicyclic) bond motifs is 1. The van der Waals surface area contributed by atoms with Gasteiger partial charge in [-0.05, 0) is 26.2 Å². The molecule has 1 saturated carbocycles. The highest BCUT2D eigenvalue weighted by Crippen LogP contribution is 2.51. The van der Waals surface area contributed by atoms with Crippen molar-refractivity contribution in [3.05, 3.63) is 0 Å². The first kappa shape index (κ1) is 18.8. The van der Waals surface area contributed by atoms with E-state index < -0.39 is 5.60 Å². The van der Waals surface area contributed by atoms with Gasteiger partial charge < -0.3 is 9.84 Å². The van der Waals surface area contributed by atoms with Gasteiger partial charge in [-0.3, -0.25) is 0 Å². The molecule has 23 heavy (non-hydrogen) atoms. The van der Waals surface area contributed by atoms with Crippen LogP contribution in [-0.4, -0.2) is 22.4 Å². The fourth-order valence-corrected chi connectivity index (χ4v) is 3.99. The van der Waals surface area contributed by atoms with E-state index in [1.807, 2.05) is 6.92 Å². The first-order valence-corrected chi connectivity index (χ1v) is 10.0. The molecule has 0 aromatic rings. The minimum atomic E-state index is -0.992. The lowest BCUT2D eigenvalue weighted by atomic mass is 9.80. The lowest BCUT2D eigenvalue weighted by Gasteiger charge is -2.26. The van der Waals surface area contributed by atoms with Crippen LogP contribution >= 0.6 is 0 Å². The highest BCUT2D eigenvalue weighted by Gasteiger charge is 2.65. The van der Waals surface area contributed by atoms with Gasteiger partial charge in [-0.1, -0.05) is 77.1 Å². The molecule has 1 aliphatic heterocycles. The van der Waals surface area contributed by atoms with E-state index >= 15 is 0 Å². The molecule has 0 spiro atoms. The minimum absolute atomic E-state index is 0.224. The first-order chi connectivity index (χ1) is 11.1. The van der Waals surface area contributed by atoms with Crippen LogP contribution in [0.25, 0.3) is 0 Å². The number of epoxide rings is 1. The van der Waals surface area contributed by atoms with Gasteiger partial charge in [0.2, 0.25) is 0 Å². The second-order valence-electron chi connectivity index (χ2n) is 7.69. The highest BCUT2D eigenvalue weighted by molar-refractivity contribution is 5.27. The van der Waals surface area contributed by atoms with Crippen molar-refractivity contribution in [3.8, 4) is 11.8 Å². The number of hydrogen-bond acceptors (Lipinski definition) is 2. The van der Waals surface area contributed by atoms with Gasteiger partial charge in [-0.25, -0.2) is 0 Å². The van der Waals surface area contributed by atoms with Crippen molar-refractivity contribution >= 4 is 0 Å². The van der Waals surface area contributed by atoms with Crippen molar-refractivity contribution in [1.29, 1.82) is 0 Å². The second-order valence-corrected chi connectivity index (χ2v) is 7.69. The summed E-state index contributed by atoms with van der Waals surface area (Å²) >= 11 is 0. The van der Waals surface area contributed by atoms with Crippen LogP contribution in [0.1, 0.15) is 104 Å². The summed E-state index contributed by atoms with van der Waals surface area (Å²) in [5.41, 5.74) is -1.38. The summed E-state index contributed by atoms with van der Waals surface area (Å²) in [6.07, 6.45) is 17.1. The molecule has 0 unspecified atom stereocenters. The largest absolute Gasteiger partial charge is 0.375 e. The van der Waals surface area contributed by atoms with Gasteiger partial charge in [0.05, 0.1) is 6.10 Å². The number of aliphatic hydroxyl groups is 1. The molecule has 132 valence electrons. The molecule has 2 heteroatoms. The zero-order valence-corrected chi connectivity index (χ0v) is 15.3. The van der Waals surface area contributed by atoms with Crippen LogP contribution < -0.4 is 0 Å². The summed E-state index contributed by atoms with van der Waals surface area (Å²) < 4.78 is 6.11. The van der Waals surface area contributed by atoms with Crippen LogP contribution in [0.15, 0.2) is 0 Å². The Balaban J connectivity index is 1.95. The quantitative estimate of drug-likeness (QED) is 0.429. The van der Waals surface area contributed by atoms with Gasteiger partial charge in [0.1, 0.15) is 5.60 Å². The number of unbranched alkanes of at least 4 members (excludes halogenated alkanes) is 3. The van der Waals surface area contributed by atoms with E-state index in [9.17, 15) is 5.11 Å². The first-order valence-electron chi connectivity index (χ1n) is 10.0. The maximum absolute atomic E-state index is 11.0. The summed E-state index contributed by atoms with van der Waals surface area (Å²) in [4.78, 5) is 0. The SMILES string of the molecule is CCCCCC#C[C@](C)(O)[C@@]12CCCCCCCCCC[C@@H]1O2. The smallest absolute Gasteiger partial charge is 0.153 e. The van der Waals surface area contributed by atoms with Crippen LogP contribution in [0.2, 0.25) is 0 Å². The zero-order valence-electron chi connectivity index (χ0n) is 15.3. The van der Waals surface area contributed by atoms with Crippen LogP contribution in [0.5, 0.6) is 0 Å². The summed E-state index contributed by atoms with van der Waals surface area (Å²) in [6, 6.07) is 0. The average molecular weight is 321 g/mol. The number of hydrogen-bond donors (Lipinski definition) is 1. The van der Waals surface area contributed by atoms with Crippen molar-refractivity contribution in [3.63, 3.8) is 0 Å². The number of rotatable bonds is 4. The third-order valence-corrected chi connectivity index (χ3v) is 5.64. The molecule has 0 aromatic heterocycles. The van der Waals surface area contributed by atoms with E-state index in [0.29, 0.717) is 0 Å². The van der Waals surface area contributed by atoms with Crippen LogP contribution in [-0.2, 0) is 4.74 Å². The molecule has 3 atom stereocenters. The molecule has 2 fully saturated rings. The lowest BCUT2D eigenvalue weighted by Crippen LogP contribution is -2.43. The molecule has 0 radical (unpaired) electrons. The Morgan fingerprint density at radius 2 is 1.70 bits per heavy atom. The Morgan fingerprint density at radius 3 is 2.39 bits per heavy atom. The second kappa shape index (κ2) is 9.09. The van der Waals surface area contributed by atoms with Gasteiger partial charge in [0.15, 0.2) is 5.60 Å². The monoisotopic (exact) mass is 320 g/mol. The van der Waals surface area contributed by atoms with Crippen LogP contribution in [0, 0.1) is 11.8 Å². The Hall–Kier alpha value is -0.520. The van der Waals surface area contributed by atoms with Gasteiger partial charge in [0, 0.05) is 6.42 Å². The maximum atomic E-state index is 11.0. The Bertz CT molecular complexity index is 404. The molecule has 2 nitrogen and oxygen atoms in total. The Kier molecular flexibility index (Phi) is 7.44. The van der Waals surface area contributed by atoms with E-state index in [1.165, 1.54) is 57.8 Å². The molecule has 0 aromatic carbocycles. The van der Waals surface area contributed by atoms with Gasteiger partial charge >= 0.3 is 0 Å². The highest BCUT2D eigenvalue weighted by atomic mass is 16.6. The molecule has 1 heterocycles. The van der Waals surface area contributed by atoms with E-state index in [2.05, 4.69) is 18.8 Å². The normalized spacial score (nSPS) is 31.5. The molecular weight excluding hydrogens is 284 g/mol. The molecule has 2 aliphatic rings. The van der Waals surface area contributed by atoms with E-state index in [0.717, 1.165) is 32.1 Å². The lowest BCUT2D eigenvalue weighted by molar-refractivity contribution is 0.0227. The van der Waals surface area contributed by atoms with E-state index in [1.54, 1.807) is 0 Å².